The summed E-state index contributed by atoms with van der Waals surface area (Å²) in [5.41, 5.74) is 1.48. The van der Waals surface area contributed by atoms with E-state index in [0.717, 1.165) is 0 Å². The van der Waals surface area contributed by atoms with Gasteiger partial charge in [0.25, 0.3) is 0 Å². The summed E-state index contributed by atoms with van der Waals surface area (Å²) >= 11 is 11.8. The summed E-state index contributed by atoms with van der Waals surface area (Å²) in [5, 5.41) is 0.572. The molecule has 1 N–H and O–H groups in total. The Hall–Kier alpha value is -2.31. The number of Topliss-reactive ketones (excluding diaryl/α,β-unsaturated/α-hetero) is 1. The van der Waals surface area contributed by atoms with Crippen LogP contribution in [0.2, 0.25) is 10.0 Å². The van der Waals surface area contributed by atoms with Gasteiger partial charge in [-0.25, -0.2) is 9.59 Å². The molecule has 1 heterocycles. The summed E-state index contributed by atoms with van der Waals surface area (Å²) < 4.78 is 10.0. The molecular formula is C18H17Cl2NO5. The van der Waals surface area contributed by atoms with E-state index >= 15 is 0 Å². The highest BCUT2D eigenvalue weighted by molar-refractivity contribution is 6.36. The van der Waals surface area contributed by atoms with E-state index in [1.165, 1.54) is 18.2 Å². The third-order valence-electron chi connectivity index (χ3n) is 3.69. The van der Waals surface area contributed by atoms with Crippen molar-refractivity contribution in [1.29, 1.82) is 0 Å². The fourth-order valence-electron chi connectivity index (χ4n) is 2.46. The predicted molar refractivity (Wildman–Crippen MR) is 97.3 cm³/mol. The van der Waals surface area contributed by atoms with Crippen molar-refractivity contribution in [3.05, 3.63) is 56.3 Å². The molecule has 6 nitrogen and oxygen atoms in total. The first-order valence-corrected chi connectivity index (χ1v) is 8.53. The molecule has 0 spiro atoms. The van der Waals surface area contributed by atoms with E-state index < -0.39 is 24.3 Å². The van der Waals surface area contributed by atoms with Gasteiger partial charge in [-0.15, -0.1) is 0 Å². The van der Waals surface area contributed by atoms with Crippen molar-refractivity contribution in [1.82, 2.24) is 4.98 Å². The number of carbonyl (C=O) groups excluding carboxylic acids is 3. The maximum atomic E-state index is 12.3. The molecular weight excluding hydrogens is 381 g/mol. The Kier molecular flexibility index (Phi) is 6.45. The minimum atomic E-state index is -0.750. The van der Waals surface area contributed by atoms with Gasteiger partial charge in [-0.1, -0.05) is 23.2 Å². The Morgan fingerprint density at radius 3 is 2.38 bits per heavy atom. The van der Waals surface area contributed by atoms with Crippen LogP contribution < -0.4 is 0 Å². The van der Waals surface area contributed by atoms with Gasteiger partial charge < -0.3 is 14.5 Å². The van der Waals surface area contributed by atoms with Crippen LogP contribution in [0, 0.1) is 13.8 Å². The largest absolute Gasteiger partial charge is 0.462 e. The summed E-state index contributed by atoms with van der Waals surface area (Å²) in [4.78, 5) is 39.2. The van der Waals surface area contributed by atoms with E-state index in [0.29, 0.717) is 16.3 Å². The number of nitrogens with one attached hydrogen (secondary N) is 1. The molecule has 0 amide bonds. The van der Waals surface area contributed by atoms with Crippen molar-refractivity contribution in [3.63, 3.8) is 0 Å². The highest BCUT2D eigenvalue weighted by Gasteiger charge is 2.24. The summed E-state index contributed by atoms with van der Waals surface area (Å²) in [7, 11) is 0. The molecule has 0 aliphatic carbocycles. The number of rotatable bonds is 6. The quantitative estimate of drug-likeness (QED) is 0.584. The fraction of sp³-hybridized carbons (Fsp3) is 0.278. The van der Waals surface area contributed by atoms with E-state index in [4.69, 9.17) is 32.7 Å². The topological polar surface area (TPSA) is 85.5 Å². The van der Waals surface area contributed by atoms with Gasteiger partial charge in [-0.2, -0.15) is 0 Å². The van der Waals surface area contributed by atoms with Crippen LogP contribution in [0.3, 0.4) is 0 Å². The zero-order chi connectivity index (χ0) is 19.4. The third kappa shape index (κ3) is 4.26. The average Bonchev–Trinajstić information content (AvgIpc) is 2.87. The fourth-order valence-corrected chi connectivity index (χ4v) is 2.97. The SMILES string of the molecule is CCOC(=O)c1c(C)[nH]c(C(=O)OCC(=O)c2ccc(Cl)cc2Cl)c1C. The van der Waals surface area contributed by atoms with Crippen LogP contribution in [0.5, 0.6) is 0 Å². The number of H-pyrrole nitrogens is 1. The van der Waals surface area contributed by atoms with Gasteiger partial charge in [0.1, 0.15) is 5.69 Å². The number of halogens is 2. The molecule has 0 aliphatic rings. The molecule has 0 unspecified atom stereocenters. The molecule has 2 rings (SSSR count). The lowest BCUT2D eigenvalue weighted by molar-refractivity contribution is 0.0468. The van der Waals surface area contributed by atoms with Crippen LogP contribution in [-0.4, -0.2) is 35.9 Å². The average molecular weight is 398 g/mol. The Balaban J connectivity index is 2.12. The minimum Gasteiger partial charge on any atom is -0.462 e. The highest BCUT2D eigenvalue weighted by atomic mass is 35.5. The molecule has 2 aromatic rings. The van der Waals surface area contributed by atoms with Crippen LogP contribution in [0.15, 0.2) is 18.2 Å². The van der Waals surface area contributed by atoms with Crippen molar-refractivity contribution in [2.24, 2.45) is 0 Å². The zero-order valence-corrected chi connectivity index (χ0v) is 16.0. The molecule has 0 aliphatic heterocycles. The highest BCUT2D eigenvalue weighted by Crippen LogP contribution is 2.22. The normalized spacial score (nSPS) is 10.5. The lowest BCUT2D eigenvalue weighted by Gasteiger charge is -2.06. The van der Waals surface area contributed by atoms with Crippen molar-refractivity contribution >= 4 is 40.9 Å². The second-order valence-corrected chi connectivity index (χ2v) is 6.31. The summed E-state index contributed by atoms with van der Waals surface area (Å²) in [6.07, 6.45) is 0. The molecule has 0 saturated carbocycles. The second-order valence-electron chi connectivity index (χ2n) is 5.47. The van der Waals surface area contributed by atoms with Crippen LogP contribution in [-0.2, 0) is 9.47 Å². The van der Waals surface area contributed by atoms with E-state index in [2.05, 4.69) is 4.98 Å². The van der Waals surface area contributed by atoms with Crippen LogP contribution in [0.25, 0.3) is 0 Å². The number of aryl methyl sites for hydroxylation is 1. The van der Waals surface area contributed by atoms with E-state index in [9.17, 15) is 14.4 Å². The molecule has 0 bridgehead atoms. The third-order valence-corrected chi connectivity index (χ3v) is 4.23. The molecule has 0 atom stereocenters. The molecule has 138 valence electrons. The van der Waals surface area contributed by atoms with Gasteiger partial charge in [0, 0.05) is 16.3 Å². The summed E-state index contributed by atoms with van der Waals surface area (Å²) in [5.74, 6) is -1.74. The van der Waals surface area contributed by atoms with Crippen LogP contribution in [0.4, 0.5) is 0 Å². The summed E-state index contributed by atoms with van der Waals surface area (Å²) in [6.45, 7) is 4.67. The van der Waals surface area contributed by atoms with Gasteiger partial charge in [-0.05, 0) is 44.5 Å². The zero-order valence-electron chi connectivity index (χ0n) is 14.4. The first-order valence-electron chi connectivity index (χ1n) is 7.77. The lowest BCUT2D eigenvalue weighted by atomic mass is 10.1. The molecule has 1 aromatic carbocycles. The lowest BCUT2D eigenvalue weighted by Crippen LogP contribution is -2.16. The van der Waals surface area contributed by atoms with Crippen LogP contribution >= 0.6 is 23.2 Å². The van der Waals surface area contributed by atoms with E-state index in [1.54, 1.807) is 20.8 Å². The van der Waals surface area contributed by atoms with Gasteiger partial charge >= 0.3 is 11.9 Å². The monoisotopic (exact) mass is 397 g/mol. The second kappa shape index (κ2) is 8.38. The number of hydrogen-bond acceptors (Lipinski definition) is 5. The minimum absolute atomic E-state index is 0.0977. The van der Waals surface area contributed by atoms with E-state index in [-0.39, 0.29) is 28.5 Å². The number of esters is 2. The van der Waals surface area contributed by atoms with Crippen molar-refractivity contribution in [2.75, 3.05) is 13.2 Å². The van der Waals surface area contributed by atoms with Gasteiger partial charge in [0.15, 0.2) is 6.61 Å². The Labute approximate surface area is 160 Å². The van der Waals surface area contributed by atoms with E-state index in [1.807, 2.05) is 0 Å². The van der Waals surface area contributed by atoms with Crippen LogP contribution in [0.1, 0.15) is 49.4 Å². The predicted octanol–water partition coefficient (Wildman–Crippen LogP) is 4.15. The van der Waals surface area contributed by atoms with Crippen molar-refractivity contribution in [2.45, 2.75) is 20.8 Å². The standard InChI is InChI=1S/C18H17Cl2NO5/c1-4-25-17(23)15-9(2)16(21-10(15)3)18(24)26-8-14(22)12-6-5-11(19)7-13(12)20/h5-7,21H,4,8H2,1-3H3. The number of aromatic amines is 1. The maximum Gasteiger partial charge on any atom is 0.355 e. The maximum absolute atomic E-state index is 12.3. The molecule has 0 fully saturated rings. The van der Waals surface area contributed by atoms with Crippen molar-refractivity contribution < 1.29 is 23.9 Å². The molecule has 8 heteroatoms. The molecule has 26 heavy (non-hydrogen) atoms. The number of ketones is 1. The molecule has 0 radical (unpaired) electrons. The Morgan fingerprint density at radius 1 is 1.08 bits per heavy atom. The number of hydrogen-bond donors (Lipinski definition) is 1. The first kappa shape index (κ1) is 20.0. The van der Waals surface area contributed by atoms with Gasteiger partial charge in [0.05, 0.1) is 17.2 Å². The number of carbonyl (C=O) groups is 3. The molecule has 1 aromatic heterocycles. The Bertz CT molecular complexity index is 873. The Morgan fingerprint density at radius 2 is 1.77 bits per heavy atom. The summed E-state index contributed by atoms with van der Waals surface area (Å²) in [6, 6.07) is 4.42. The van der Waals surface area contributed by atoms with Gasteiger partial charge in [-0.3, -0.25) is 4.79 Å². The number of aromatic nitrogens is 1. The first-order chi connectivity index (χ1) is 12.3. The number of benzene rings is 1. The number of ether oxygens (including phenoxy) is 2. The van der Waals surface area contributed by atoms with Crippen molar-refractivity contribution in [3.8, 4) is 0 Å². The van der Waals surface area contributed by atoms with Gasteiger partial charge in [0.2, 0.25) is 5.78 Å². The smallest absolute Gasteiger partial charge is 0.355 e. The molecule has 0 saturated heterocycles.